The number of nitrogens with zero attached hydrogens (tertiary/aromatic N) is 2. The molecule has 1 heterocycles. The Balaban J connectivity index is 1.69. The van der Waals surface area contributed by atoms with E-state index in [1.807, 2.05) is 67.6 Å². The van der Waals surface area contributed by atoms with Gasteiger partial charge in [-0.25, -0.2) is 8.42 Å². The third-order valence-electron chi connectivity index (χ3n) is 7.05. The molecule has 0 radical (unpaired) electrons. The second-order valence-corrected chi connectivity index (χ2v) is 14.2. The second kappa shape index (κ2) is 13.4. The minimum atomic E-state index is -3.83. The van der Waals surface area contributed by atoms with Crippen molar-refractivity contribution in [2.24, 2.45) is 5.92 Å². The standard InChI is InChI=1S/C30H39N2O5PS/c1-4-36-38(33,37-5-2)30-24-31(20-26-12-8-6-9-13-26)22-28(30)23-32(21-27-14-10-7-11-15-27)39(34,35)29-18-16-25(3)17-19-29/h6-19,28,30H,4-5,20-24H2,1-3H3/t28-,30+/m1/s1. The van der Waals surface area contributed by atoms with Crippen LogP contribution in [0.2, 0.25) is 0 Å². The summed E-state index contributed by atoms with van der Waals surface area (Å²) in [6.45, 7) is 8.23. The summed E-state index contributed by atoms with van der Waals surface area (Å²) in [4.78, 5) is 2.48. The summed E-state index contributed by atoms with van der Waals surface area (Å²) >= 11 is 0. The van der Waals surface area contributed by atoms with Crippen molar-refractivity contribution in [1.29, 1.82) is 0 Å². The zero-order valence-electron chi connectivity index (χ0n) is 23.0. The molecule has 0 aliphatic carbocycles. The normalized spacial score (nSPS) is 18.6. The van der Waals surface area contributed by atoms with E-state index in [9.17, 15) is 13.0 Å². The number of likely N-dealkylation sites (tertiary alicyclic amines) is 1. The zero-order valence-corrected chi connectivity index (χ0v) is 24.7. The molecule has 9 heteroatoms. The van der Waals surface area contributed by atoms with Gasteiger partial charge in [0, 0.05) is 38.6 Å². The maximum Gasteiger partial charge on any atom is 0.335 e. The second-order valence-electron chi connectivity index (χ2n) is 9.98. The SMILES string of the molecule is CCOP(=O)(OCC)[C@H]1CN(Cc2ccccc2)C[C@@H]1CN(Cc1ccccc1)S(=O)(=O)c1ccc(C)cc1. The Bertz CT molecular complexity index is 1330. The van der Waals surface area contributed by atoms with E-state index in [0.717, 1.165) is 16.7 Å². The molecular weight excluding hydrogens is 531 g/mol. The molecular formula is C30H39N2O5PS. The summed E-state index contributed by atoms with van der Waals surface area (Å²) in [6.07, 6.45) is 0. The summed E-state index contributed by atoms with van der Waals surface area (Å²) in [7, 11) is -7.33. The number of rotatable bonds is 13. The van der Waals surface area contributed by atoms with Crippen LogP contribution in [0.4, 0.5) is 0 Å². The van der Waals surface area contributed by atoms with Crippen LogP contribution in [-0.4, -0.2) is 56.1 Å². The van der Waals surface area contributed by atoms with Gasteiger partial charge in [-0.3, -0.25) is 9.46 Å². The molecule has 0 aromatic heterocycles. The summed E-state index contributed by atoms with van der Waals surface area (Å²) in [5.74, 6) is -0.249. The molecule has 0 bridgehead atoms. The predicted octanol–water partition coefficient (Wildman–Crippen LogP) is 5.95. The first kappa shape index (κ1) is 29.7. The Labute approximate surface area is 233 Å². The minimum absolute atomic E-state index is 0.200. The fourth-order valence-electron chi connectivity index (χ4n) is 5.19. The third kappa shape index (κ3) is 7.46. The van der Waals surface area contributed by atoms with Crippen LogP contribution in [0.15, 0.2) is 89.8 Å². The molecule has 0 amide bonds. The average Bonchev–Trinajstić information content (AvgIpc) is 3.33. The van der Waals surface area contributed by atoms with E-state index >= 15 is 0 Å². The Hall–Kier alpha value is -2.32. The van der Waals surface area contributed by atoms with Gasteiger partial charge in [0.25, 0.3) is 0 Å². The van der Waals surface area contributed by atoms with E-state index in [1.165, 1.54) is 4.31 Å². The molecule has 2 atom stereocenters. The molecule has 210 valence electrons. The van der Waals surface area contributed by atoms with Crippen LogP contribution in [0.5, 0.6) is 0 Å². The zero-order chi connectivity index (χ0) is 27.9. The lowest BCUT2D eigenvalue weighted by Gasteiger charge is -2.31. The summed E-state index contributed by atoms with van der Waals surface area (Å²) < 4.78 is 55.2. The smallest absolute Gasteiger partial charge is 0.309 e. The highest BCUT2D eigenvalue weighted by Gasteiger charge is 2.48. The Morgan fingerprint density at radius 2 is 1.41 bits per heavy atom. The fraction of sp³-hybridized carbons (Fsp3) is 0.400. The van der Waals surface area contributed by atoms with Crippen LogP contribution in [0.1, 0.15) is 30.5 Å². The van der Waals surface area contributed by atoms with Gasteiger partial charge in [0.15, 0.2) is 0 Å². The monoisotopic (exact) mass is 570 g/mol. The van der Waals surface area contributed by atoms with Gasteiger partial charge in [0.1, 0.15) is 0 Å². The lowest BCUT2D eigenvalue weighted by molar-refractivity contribution is 0.204. The predicted molar refractivity (Wildman–Crippen MR) is 155 cm³/mol. The largest absolute Gasteiger partial charge is 0.335 e. The Kier molecular flexibility index (Phi) is 10.2. The molecule has 0 spiro atoms. The molecule has 1 aliphatic rings. The molecule has 3 aromatic rings. The third-order valence-corrected chi connectivity index (χ3v) is 11.5. The van der Waals surface area contributed by atoms with Crippen LogP contribution in [0, 0.1) is 12.8 Å². The van der Waals surface area contributed by atoms with Crippen molar-refractivity contribution in [2.45, 2.75) is 44.4 Å². The first-order valence-electron chi connectivity index (χ1n) is 13.5. The van der Waals surface area contributed by atoms with Gasteiger partial charge in [-0.2, -0.15) is 4.31 Å². The molecule has 0 unspecified atom stereocenters. The first-order chi connectivity index (χ1) is 18.7. The van der Waals surface area contributed by atoms with Crippen molar-refractivity contribution in [2.75, 3.05) is 32.8 Å². The average molecular weight is 571 g/mol. The van der Waals surface area contributed by atoms with Crippen LogP contribution < -0.4 is 0 Å². The molecule has 0 saturated carbocycles. The number of sulfonamides is 1. The minimum Gasteiger partial charge on any atom is -0.309 e. The molecule has 4 rings (SSSR count). The maximum absolute atomic E-state index is 14.1. The lowest BCUT2D eigenvalue weighted by atomic mass is 10.1. The van der Waals surface area contributed by atoms with E-state index in [-0.39, 0.29) is 37.1 Å². The summed E-state index contributed by atoms with van der Waals surface area (Å²) in [6, 6.07) is 26.6. The van der Waals surface area contributed by atoms with Crippen molar-refractivity contribution in [3.05, 3.63) is 102 Å². The van der Waals surface area contributed by atoms with Gasteiger partial charge in [-0.05, 0) is 44.0 Å². The van der Waals surface area contributed by atoms with Gasteiger partial charge in [0.05, 0.1) is 23.8 Å². The van der Waals surface area contributed by atoms with E-state index in [2.05, 4.69) is 17.0 Å². The van der Waals surface area contributed by atoms with E-state index in [1.54, 1.807) is 26.0 Å². The molecule has 1 aliphatic heterocycles. The highest BCUT2D eigenvalue weighted by Crippen LogP contribution is 2.57. The van der Waals surface area contributed by atoms with Crippen LogP contribution >= 0.6 is 7.60 Å². The molecule has 39 heavy (non-hydrogen) atoms. The molecule has 1 fully saturated rings. The van der Waals surface area contributed by atoms with Crippen molar-refractivity contribution < 1.29 is 22.0 Å². The summed E-state index contributed by atoms with van der Waals surface area (Å²) in [5.41, 5.74) is 2.58. The fourth-order valence-corrected chi connectivity index (χ4v) is 8.99. The highest BCUT2D eigenvalue weighted by atomic mass is 32.2. The Morgan fingerprint density at radius 3 is 1.97 bits per heavy atom. The number of hydrogen-bond acceptors (Lipinski definition) is 6. The van der Waals surface area contributed by atoms with E-state index in [4.69, 9.17) is 9.05 Å². The van der Waals surface area contributed by atoms with Gasteiger partial charge in [0.2, 0.25) is 10.0 Å². The number of hydrogen-bond donors (Lipinski definition) is 0. The Morgan fingerprint density at radius 1 is 0.846 bits per heavy atom. The van der Waals surface area contributed by atoms with Crippen molar-refractivity contribution in [3.63, 3.8) is 0 Å². The van der Waals surface area contributed by atoms with E-state index < -0.39 is 23.3 Å². The van der Waals surface area contributed by atoms with E-state index in [0.29, 0.717) is 19.6 Å². The molecule has 1 saturated heterocycles. The first-order valence-corrected chi connectivity index (χ1v) is 16.6. The lowest BCUT2D eigenvalue weighted by Crippen LogP contribution is -2.39. The van der Waals surface area contributed by atoms with Gasteiger partial charge >= 0.3 is 7.60 Å². The molecule has 3 aromatic carbocycles. The number of benzene rings is 3. The highest BCUT2D eigenvalue weighted by molar-refractivity contribution is 7.89. The number of aryl methyl sites for hydroxylation is 1. The molecule has 7 nitrogen and oxygen atoms in total. The van der Waals surface area contributed by atoms with Crippen molar-refractivity contribution in [1.82, 2.24) is 9.21 Å². The van der Waals surface area contributed by atoms with Crippen LogP contribution in [0.3, 0.4) is 0 Å². The van der Waals surface area contributed by atoms with Crippen LogP contribution in [0.25, 0.3) is 0 Å². The molecule has 0 N–H and O–H groups in total. The van der Waals surface area contributed by atoms with Crippen molar-refractivity contribution in [3.8, 4) is 0 Å². The van der Waals surface area contributed by atoms with Gasteiger partial charge in [-0.1, -0.05) is 78.4 Å². The van der Waals surface area contributed by atoms with Gasteiger partial charge < -0.3 is 9.05 Å². The topological polar surface area (TPSA) is 76.2 Å². The van der Waals surface area contributed by atoms with Crippen molar-refractivity contribution >= 4 is 17.6 Å². The van der Waals surface area contributed by atoms with Gasteiger partial charge in [-0.15, -0.1) is 0 Å². The summed E-state index contributed by atoms with van der Waals surface area (Å²) in [5, 5.41) is 0. The quantitative estimate of drug-likeness (QED) is 0.236. The van der Waals surface area contributed by atoms with Crippen LogP contribution in [-0.2, 0) is 36.7 Å². The maximum atomic E-state index is 14.1.